The molecule has 2 aromatic heterocycles. The molecule has 0 bridgehead atoms. The Labute approximate surface area is 321 Å². The van der Waals surface area contributed by atoms with Gasteiger partial charge in [0.15, 0.2) is 5.69 Å². The molecule has 11 nitrogen and oxygen atoms in total. The Morgan fingerprint density at radius 3 is 2.70 bits per heavy atom. The van der Waals surface area contributed by atoms with Gasteiger partial charge in [0.1, 0.15) is 12.4 Å². The van der Waals surface area contributed by atoms with E-state index in [1.807, 2.05) is 4.90 Å². The van der Waals surface area contributed by atoms with E-state index in [4.69, 9.17) is 36.8 Å². The average Bonchev–Trinajstić information content (AvgIpc) is 3.63. The summed E-state index contributed by atoms with van der Waals surface area (Å²) in [4.78, 5) is 28.4. The molecule has 3 atom stereocenters. The van der Waals surface area contributed by atoms with Gasteiger partial charge in [0.05, 0.1) is 51.2 Å². The summed E-state index contributed by atoms with van der Waals surface area (Å²) in [6.45, 7) is 2.76. The molecular formula is C36H39BrClF5N8O3. The number of alkyl halides is 3. The van der Waals surface area contributed by atoms with Crippen molar-refractivity contribution in [1.29, 1.82) is 0 Å². The predicted molar refractivity (Wildman–Crippen MR) is 192 cm³/mol. The molecule has 8 rings (SSSR count). The lowest BCUT2D eigenvalue weighted by atomic mass is 9.86. The number of aryl methyl sites for hydroxylation is 1. The molecule has 18 heteroatoms. The van der Waals surface area contributed by atoms with Crippen LogP contribution in [0.1, 0.15) is 76.8 Å². The zero-order valence-corrected chi connectivity index (χ0v) is 32.0. The normalized spacial score (nSPS) is 24.5. The fourth-order valence-electron chi connectivity index (χ4n) is 8.91. The summed E-state index contributed by atoms with van der Waals surface area (Å²) in [5.74, 6) is -0.0795. The summed E-state index contributed by atoms with van der Waals surface area (Å²) in [5.41, 5.74) is 6.61. The Hall–Kier alpha value is -3.54. The Morgan fingerprint density at radius 1 is 1.22 bits per heavy atom. The van der Waals surface area contributed by atoms with Crippen LogP contribution in [0, 0.1) is 11.3 Å². The van der Waals surface area contributed by atoms with Crippen LogP contribution in [0.5, 0.6) is 6.01 Å². The van der Waals surface area contributed by atoms with Crippen LogP contribution in [0.4, 0.5) is 33.5 Å². The number of carbonyl (C=O) groups is 1. The highest BCUT2D eigenvalue weighted by molar-refractivity contribution is 9.10. The Kier molecular flexibility index (Phi) is 9.41. The van der Waals surface area contributed by atoms with Crippen molar-refractivity contribution in [2.45, 2.75) is 76.0 Å². The average molecular weight is 842 g/mol. The van der Waals surface area contributed by atoms with Crippen LogP contribution >= 0.6 is 27.5 Å². The third-order valence-electron chi connectivity index (χ3n) is 11.5. The molecule has 0 unspecified atom stereocenters. The van der Waals surface area contributed by atoms with E-state index in [0.717, 1.165) is 43.6 Å². The maximum atomic E-state index is 14.3. The predicted octanol–water partition coefficient (Wildman–Crippen LogP) is 7.02. The summed E-state index contributed by atoms with van der Waals surface area (Å²) < 4.78 is 84.8. The molecule has 54 heavy (non-hydrogen) atoms. The molecule has 5 aliphatic rings. The molecule has 290 valence electrons. The maximum absolute atomic E-state index is 14.3. The van der Waals surface area contributed by atoms with E-state index < -0.39 is 34.5 Å². The van der Waals surface area contributed by atoms with Crippen molar-refractivity contribution in [3.63, 3.8) is 0 Å². The lowest BCUT2D eigenvalue weighted by molar-refractivity contribution is -0.139. The highest BCUT2D eigenvalue weighted by Gasteiger charge is 2.62. The van der Waals surface area contributed by atoms with Gasteiger partial charge in [-0.25, -0.2) is 0 Å². The first kappa shape index (κ1) is 37.4. The number of ether oxygens (including phenoxy) is 2. The first-order valence-corrected chi connectivity index (χ1v) is 19.0. The van der Waals surface area contributed by atoms with Gasteiger partial charge in [0.2, 0.25) is 0 Å². The lowest BCUT2D eigenvalue weighted by Gasteiger charge is -2.33. The Morgan fingerprint density at radius 2 is 2.00 bits per heavy atom. The minimum absolute atomic E-state index is 0.0353. The molecule has 3 aromatic rings. The largest absolute Gasteiger partial charge is 0.461 e. The van der Waals surface area contributed by atoms with Crippen LogP contribution in [0.15, 0.2) is 28.8 Å². The maximum Gasteiger partial charge on any atom is 0.418 e. The molecule has 6 heterocycles. The summed E-state index contributed by atoms with van der Waals surface area (Å²) in [6, 6.07) is 2.34. The monoisotopic (exact) mass is 840 g/mol. The van der Waals surface area contributed by atoms with Crippen LogP contribution in [-0.4, -0.2) is 81.3 Å². The van der Waals surface area contributed by atoms with Crippen molar-refractivity contribution >= 4 is 44.9 Å². The molecule has 2 N–H and O–H groups in total. The number of anilines is 2. The van der Waals surface area contributed by atoms with Gasteiger partial charge < -0.3 is 25.0 Å². The zero-order chi connectivity index (χ0) is 38.3. The smallest absolute Gasteiger partial charge is 0.418 e. The summed E-state index contributed by atoms with van der Waals surface area (Å²) in [7, 11) is 3.30. The number of hydrogen-bond acceptors (Lipinski definition) is 9. The van der Waals surface area contributed by atoms with E-state index in [9.17, 15) is 26.7 Å². The second-order valence-electron chi connectivity index (χ2n) is 15.5. The van der Waals surface area contributed by atoms with Crippen molar-refractivity contribution < 1.29 is 36.2 Å². The van der Waals surface area contributed by atoms with Crippen molar-refractivity contribution in [3.05, 3.63) is 67.6 Å². The van der Waals surface area contributed by atoms with Crippen molar-refractivity contribution in [1.82, 2.24) is 29.5 Å². The number of nitrogens with zero attached hydrogens (tertiary/aromatic N) is 7. The fourth-order valence-corrected chi connectivity index (χ4v) is 9.83. The van der Waals surface area contributed by atoms with E-state index in [-0.39, 0.29) is 59.8 Å². The number of fused-ring (bicyclic) bond motifs is 3. The number of benzene rings is 1. The molecular weight excluding hydrogens is 803 g/mol. The highest BCUT2D eigenvalue weighted by atomic mass is 79.9. The van der Waals surface area contributed by atoms with E-state index in [1.165, 1.54) is 11.0 Å². The molecule has 4 aliphatic heterocycles. The quantitative estimate of drug-likeness (QED) is 0.198. The topological polar surface area (TPSA) is 115 Å². The van der Waals surface area contributed by atoms with Crippen LogP contribution < -0.4 is 15.4 Å². The third kappa shape index (κ3) is 6.83. The van der Waals surface area contributed by atoms with Crippen LogP contribution in [0.25, 0.3) is 0 Å². The van der Waals surface area contributed by atoms with Crippen LogP contribution in [0.3, 0.4) is 0 Å². The molecule has 1 spiro atoms. The van der Waals surface area contributed by atoms with Gasteiger partial charge >= 0.3 is 12.2 Å². The van der Waals surface area contributed by atoms with E-state index in [1.54, 1.807) is 18.8 Å². The van der Waals surface area contributed by atoms with Gasteiger partial charge in [-0.1, -0.05) is 11.6 Å². The van der Waals surface area contributed by atoms with E-state index >= 15 is 0 Å². The minimum atomic E-state index is -4.77. The number of nitrogen functional groups attached to an aromatic ring is 1. The van der Waals surface area contributed by atoms with Crippen LogP contribution in [0.2, 0.25) is 5.02 Å². The minimum Gasteiger partial charge on any atom is -0.461 e. The number of halogens is 7. The summed E-state index contributed by atoms with van der Waals surface area (Å²) >= 11 is 9.73. The lowest BCUT2D eigenvalue weighted by Crippen LogP contribution is -2.43. The molecule has 2 saturated heterocycles. The molecule has 1 amide bonds. The Balaban J connectivity index is 1.16. The number of hydrogen-bond donors (Lipinski definition) is 1. The van der Waals surface area contributed by atoms with Crippen LogP contribution in [-0.2, 0) is 37.0 Å². The standard InChI is InChI=1S/C36H39BrClF5N8O3/c1-48(2)32(52)30-29(37)25-14-49(6-3-7-51(25)47-30)31-22-15-53-26(21-9-20(44)10-23(38)28(21)36(41,42)43)11-24(22)45-33(46-31)54-18-35-12-19(8-27(39)40)13-50(35)17-34(16-35)4-5-34/h8-10,19,26H,3-7,11-18,44H2,1-2H3/t19-,26+,35-/m0/s1. The SMILES string of the molecule is CN(C)C(=O)c1nn2c(c1Br)CN(c1nc(OC[C@@]34C[C@H](C=C(F)F)CN3CC3(CC3)C4)nc3c1CO[C@@H](c1cc(N)cc(Cl)c1C(F)(F)F)C3)CCC2. The van der Waals surface area contributed by atoms with Gasteiger partial charge in [-0.2, -0.15) is 37.0 Å². The number of amides is 1. The van der Waals surface area contributed by atoms with Gasteiger partial charge in [-0.05, 0) is 83.1 Å². The number of carbonyl (C=O) groups excluding carboxylic acids is 1. The van der Waals surface area contributed by atoms with Gasteiger partial charge in [-0.15, -0.1) is 0 Å². The molecule has 3 fully saturated rings. The second kappa shape index (κ2) is 13.6. The zero-order valence-electron chi connectivity index (χ0n) is 29.7. The summed E-state index contributed by atoms with van der Waals surface area (Å²) in [5, 5.41) is 4.07. The molecule has 1 aliphatic carbocycles. The Bertz CT molecular complexity index is 2040. The van der Waals surface area contributed by atoms with Gasteiger partial charge in [0, 0.05) is 57.9 Å². The second-order valence-corrected chi connectivity index (χ2v) is 16.7. The van der Waals surface area contributed by atoms with Gasteiger partial charge in [0.25, 0.3) is 12.0 Å². The van der Waals surface area contributed by atoms with Crippen molar-refractivity contribution in [3.8, 4) is 6.01 Å². The van der Waals surface area contributed by atoms with E-state index in [0.29, 0.717) is 60.6 Å². The summed E-state index contributed by atoms with van der Waals surface area (Å²) in [6.07, 6.45) is -2.43. The number of aromatic nitrogens is 4. The number of rotatable bonds is 7. The molecule has 1 aromatic carbocycles. The van der Waals surface area contributed by atoms with E-state index in [2.05, 4.69) is 25.9 Å². The first-order valence-electron chi connectivity index (χ1n) is 17.8. The highest BCUT2D eigenvalue weighted by Crippen LogP contribution is 2.61. The first-order chi connectivity index (χ1) is 25.5. The van der Waals surface area contributed by atoms with Crippen molar-refractivity contribution in [2.75, 3.05) is 51.0 Å². The number of nitrogens with two attached hydrogens (primary N) is 1. The third-order valence-corrected chi connectivity index (χ3v) is 12.6. The molecule has 1 saturated carbocycles. The molecule has 0 radical (unpaired) electrons. The fraction of sp³-hybridized carbons (Fsp3) is 0.556. The van der Waals surface area contributed by atoms with Gasteiger partial charge in [-0.3, -0.25) is 14.4 Å². The van der Waals surface area contributed by atoms with Crippen molar-refractivity contribution in [2.24, 2.45) is 11.3 Å².